The number of anilines is 1. The van der Waals surface area contributed by atoms with Crippen LogP contribution in [0.25, 0.3) is 0 Å². The van der Waals surface area contributed by atoms with Gasteiger partial charge in [-0.3, -0.25) is 14.5 Å². The molecule has 2 amide bonds. The van der Waals surface area contributed by atoms with E-state index >= 15 is 0 Å². The van der Waals surface area contributed by atoms with E-state index in [1.165, 1.54) is 0 Å². The number of carbonyl (C=O) groups is 2. The molecular weight excluding hydrogens is 310 g/mol. The van der Waals surface area contributed by atoms with Crippen molar-refractivity contribution >= 4 is 17.5 Å². The summed E-state index contributed by atoms with van der Waals surface area (Å²) in [5, 5.41) is 5.75. The van der Waals surface area contributed by atoms with Crippen LogP contribution < -0.4 is 15.4 Å². The number of nitrogens with zero attached hydrogens (tertiary/aromatic N) is 1. The molecule has 24 heavy (non-hydrogen) atoms. The molecular formula is C17H23N3O4. The number of carbonyl (C=O) groups excluding carboxylic acids is 2. The summed E-state index contributed by atoms with van der Waals surface area (Å²) in [4.78, 5) is 25.9. The molecule has 7 nitrogen and oxygen atoms in total. The third-order valence-corrected chi connectivity index (χ3v) is 4.12. The van der Waals surface area contributed by atoms with Gasteiger partial charge in [0.15, 0.2) is 0 Å². The van der Waals surface area contributed by atoms with Gasteiger partial charge >= 0.3 is 0 Å². The third-order valence-electron chi connectivity index (χ3n) is 4.12. The minimum Gasteiger partial charge on any atom is -0.491 e. The zero-order valence-electron chi connectivity index (χ0n) is 13.7. The molecule has 1 aromatic carbocycles. The molecule has 0 atom stereocenters. The van der Waals surface area contributed by atoms with E-state index in [0.29, 0.717) is 31.0 Å². The van der Waals surface area contributed by atoms with Crippen LogP contribution >= 0.6 is 0 Å². The first-order valence-electron chi connectivity index (χ1n) is 8.33. The molecule has 1 fully saturated rings. The molecule has 1 saturated heterocycles. The summed E-state index contributed by atoms with van der Waals surface area (Å²) in [5.41, 5.74) is 1.49. The number of nitrogens with one attached hydrogen (secondary N) is 2. The fraction of sp³-hybridized carbons (Fsp3) is 0.529. The van der Waals surface area contributed by atoms with E-state index in [9.17, 15) is 9.59 Å². The molecule has 0 spiro atoms. The van der Waals surface area contributed by atoms with Crippen LogP contribution in [-0.2, 0) is 20.7 Å². The normalized spacial score (nSPS) is 18.1. The van der Waals surface area contributed by atoms with Crippen molar-refractivity contribution in [1.29, 1.82) is 0 Å². The summed E-state index contributed by atoms with van der Waals surface area (Å²) in [6, 6.07) is 5.47. The molecule has 7 heteroatoms. The van der Waals surface area contributed by atoms with Gasteiger partial charge in [0.25, 0.3) is 0 Å². The fourth-order valence-electron chi connectivity index (χ4n) is 2.80. The highest BCUT2D eigenvalue weighted by atomic mass is 16.5. The zero-order valence-corrected chi connectivity index (χ0v) is 13.7. The lowest BCUT2D eigenvalue weighted by molar-refractivity contribution is -0.120. The van der Waals surface area contributed by atoms with Crippen LogP contribution in [0.2, 0.25) is 0 Å². The minimum atomic E-state index is -0.0686. The SMILES string of the molecule is O=C(Cc1ccc2c(c1)NC(=O)CCO2)NCCN1CCOCC1. The maximum absolute atomic E-state index is 12.1. The second-order valence-corrected chi connectivity index (χ2v) is 5.96. The Morgan fingerprint density at radius 2 is 2.08 bits per heavy atom. The maximum atomic E-state index is 12.1. The summed E-state index contributed by atoms with van der Waals surface area (Å²) in [6.07, 6.45) is 0.623. The van der Waals surface area contributed by atoms with Gasteiger partial charge in [-0.2, -0.15) is 0 Å². The van der Waals surface area contributed by atoms with Crippen LogP contribution in [0.1, 0.15) is 12.0 Å². The second kappa shape index (κ2) is 8.12. The Hall–Kier alpha value is -2.12. The van der Waals surface area contributed by atoms with Crippen molar-refractivity contribution < 1.29 is 19.1 Å². The third kappa shape index (κ3) is 4.69. The Labute approximate surface area is 141 Å². The van der Waals surface area contributed by atoms with Crippen molar-refractivity contribution in [2.75, 3.05) is 51.3 Å². The molecule has 0 aromatic heterocycles. The van der Waals surface area contributed by atoms with Crippen LogP contribution in [0.4, 0.5) is 5.69 Å². The predicted molar refractivity (Wildman–Crippen MR) is 89.2 cm³/mol. The number of fused-ring (bicyclic) bond motifs is 1. The molecule has 1 aromatic rings. The molecule has 2 N–H and O–H groups in total. The van der Waals surface area contributed by atoms with E-state index in [2.05, 4.69) is 15.5 Å². The van der Waals surface area contributed by atoms with Crippen molar-refractivity contribution in [3.8, 4) is 5.75 Å². The highest BCUT2D eigenvalue weighted by Gasteiger charge is 2.15. The van der Waals surface area contributed by atoms with Crippen molar-refractivity contribution in [3.05, 3.63) is 23.8 Å². The van der Waals surface area contributed by atoms with E-state index in [-0.39, 0.29) is 18.2 Å². The Morgan fingerprint density at radius 3 is 2.92 bits per heavy atom. The summed E-state index contributed by atoms with van der Waals surface area (Å²) in [6.45, 7) is 5.20. The molecule has 2 aliphatic heterocycles. The van der Waals surface area contributed by atoms with Gasteiger partial charge in [0.05, 0.1) is 38.3 Å². The number of rotatable bonds is 5. The van der Waals surface area contributed by atoms with Gasteiger partial charge in [-0.05, 0) is 17.7 Å². The fourth-order valence-corrected chi connectivity index (χ4v) is 2.80. The lowest BCUT2D eigenvalue weighted by Crippen LogP contribution is -2.41. The number of hydrogen-bond donors (Lipinski definition) is 2. The van der Waals surface area contributed by atoms with Crippen LogP contribution in [0.15, 0.2) is 18.2 Å². The quantitative estimate of drug-likeness (QED) is 0.815. The summed E-state index contributed by atoms with van der Waals surface area (Å²) >= 11 is 0. The molecule has 2 heterocycles. The first-order valence-corrected chi connectivity index (χ1v) is 8.33. The number of morpholine rings is 1. The topological polar surface area (TPSA) is 79.9 Å². The van der Waals surface area contributed by atoms with E-state index in [1.54, 1.807) is 12.1 Å². The van der Waals surface area contributed by atoms with E-state index in [1.807, 2.05) is 6.07 Å². The standard InChI is InChI=1S/C17H23N3O4/c21-16-3-8-24-15-2-1-13(11-14(15)19-16)12-17(22)18-4-5-20-6-9-23-10-7-20/h1-2,11H,3-10,12H2,(H,18,22)(H,19,21). The smallest absolute Gasteiger partial charge is 0.227 e. The molecule has 0 aliphatic carbocycles. The molecule has 130 valence electrons. The molecule has 0 radical (unpaired) electrons. The molecule has 3 rings (SSSR count). The van der Waals surface area contributed by atoms with Crippen LogP contribution in [0.3, 0.4) is 0 Å². The average Bonchev–Trinajstić information content (AvgIpc) is 2.76. The molecule has 0 unspecified atom stereocenters. The highest BCUT2D eigenvalue weighted by molar-refractivity contribution is 5.93. The largest absolute Gasteiger partial charge is 0.491 e. The summed E-state index contributed by atoms with van der Waals surface area (Å²) in [7, 11) is 0. The number of ether oxygens (including phenoxy) is 2. The summed E-state index contributed by atoms with van der Waals surface area (Å²) < 4.78 is 10.8. The monoisotopic (exact) mass is 333 g/mol. The van der Waals surface area contributed by atoms with Gasteiger partial charge in [0.2, 0.25) is 11.8 Å². The van der Waals surface area contributed by atoms with Crippen molar-refractivity contribution in [2.45, 2.75) is 12.8 Å². The maximum Gasteiger partial charge on any atom is 0.227 e. The number of amides is 2. The van der Waals surface area contributed by atoms with Gasteiger partial charge in [-0.25, -0.2) is 0 Å². The van der Waals surface area contributed by atoms with Gasteiger partial charge < -0.3 is 20.1 Å². The highest BCUT2D eigenvalue weighted by Crippen LogP contribution is 2.28. The summed E-state index contributed by atoms with van der Waals surface area (Å²) in [5.74, 6) is 0.558. The van der Waals surface area contributed by atoms with Crippen molar-refractivity contribution in [3.63, 3.8) is 0 Å². The Bertz CT molecular complexity index is 599. The minimum absolute atomic E-state index is 0.0240. The average molecular weight is 333 g/mol. The van der Waals surface area contributed by atoms with Gasteiger partial charge in [-0.1, -0.05) is 6.07 Å². The molecule has 0 saturated carbocycles. The number of hydrogen-bond acceptors (Lipinski definition) is 5. The lowest BCUT2D eigenvalue weighted by atomic mass is 10.1. The van der Waals surface area contributed by atoms with Gasteiger partial charge in [0.1, 0.15) is 5.75 Å². The van der Waals surface area contributed by atoms with E-state index in [4.69, 9.17) is 9.47 Å². The number of benzene rings is 1. The first kappa shape index (κ1) is 16.7. The Kier molecular flexibility index (Phi) is 5.66. The van der Waals surface area contributed by atoms with Gasteiger partial charge in [0, 0.05) is 26.2 Å². The van der Waals surface area contributed by atoms with Gasteiger partial charge in [-0.15, -0.1) is 0 Å². The molecule has 2 aliphatic rings. The predicted octanol–water partition coefficient (Wildman–Crippen LogP) is 0.399. The van der Waals surface area contributed by atoms with Crippen LogP contribution in [0, 0.1) is 0 Å². The first-order chi connectivity index (χ1) is 11.7. The van der Waals surface area contributed by atoms with E-state index < -0.39 is 0 Å². The van der Waals surface area contributed by atoms with Crippen molar-refractivity contribution in [2.24, 2.45) is 0 Å². The Morgan fingerprint density at radius 1 is 1.25 bits per heavy atom. The molecule has 0 bridgehead atoms. The lowest BCUT2D eigenvalue weighted by Gasteiger charge is -2.26. The second-order valence-electron chi connectivity index (χ2n) is 5.96. The van der Waals surface area contributed by atoms with E-state index in [0.717, 1.165) is 38.4 Å². The Balaban J connectivity index is 1.48. The van der Waals surface area contributed by atoms with Crippen LogP contribution in [-0.4, -0.2) is 62.7 Å². The van der Waals surface area contributed by atoms with Crippen molar-refractivity contribution in [1.82, 2.24) is 10.2 Å². The van der Waals surface area contributed by atoms with Crippen LogP contribution in [0.5, 0.6) is 5.75 Å². The zero-order chi connectivity index (χ0) is 16.8.